The fourth-order valence-corrected chi connectivity index (χ4v) is 1.84. The van der Waals surface area contributed by atoms with Gasteiger partial charge in [0.2, 0.25) is 0 Å². The third-order valence-electron chi connectivity index (χ3n) is 2.76. The summed E-state index contributed by atoms with van der Waals surface area (Å²) >= 11 is 0. The van der Waals surface area contributed by atoms with Crippen LogP contribution in [0, 0.1) is 0 Å². The summed E-state index contributed by atoms with van der Waals surface area (Å²) < 4.78 is 10.7. The summed E-state index contributed by atoms with van der Waals surface area (Å²) in [4.78, 5) is 0. The number of para-hydroxylation sites is 1. The highest BCUT2D eigenvalue weighted by molar-refractivity contribution is 5.37. The summed E-state index contributed by atoms with van der Waals surface area (Å²) in [6.45, 7) is 1.20. The van der Waals surface area contributed by atoms with E-state index in [-0.39, 0.29) is 0 Å². The predicted molar refractivity (Wildman–Crippen MR) is 73.1 cm³/mol. The Hall–Kier alpha value is -1.80. The largest absolute Gasteiger partial charge is 0.491 e. The highest BCUT2D eigenvalue weighted by Gasteiger charge is 2.03. The highest BCUT2D eigenvalue weighted by atomic mass is 16.5. The van der Waals surface area contributed by atoms with Gasteiger partial charge in [-0.25, -0.2) is 0 Å². The molecule has 2 nitrogen and oxygen atoms in total. The van der Waals surface area contributed by atoms with Crippen molar-refractivity contribution in [1.82, 2.24) is 0 Å². The van der Waals surface area contributed by atoms with E-state index in [4.69, 9.17) is 9.47 Å². The maximum atomic E-state index is 5.72. The fourth-order valence-electron chi connectivity index (χ4n) is 1.84. The number of hydrogen-bond donors (Lipinski definition) is 0. The standard InChI is InChI=1S/C16H18O2/c1-17-11-12-18-16-10-6-5-9-15(16)13-14-7-3-2-4-8-14/h2-10H,11-13H2,1H3. The molecule has 0 unspecified atom stereocenters. The van der Waals surface area contributed by atoms with Gasteiger partial charge >= 0.3 is 0 Å². The van der Waals surface area contributed by atoms with E-state index in [1.54, 1.807) is 7.11 Å². The summed E-state index contributed by atoms with van der Waals surface area (Å²) in [7, 11) is 1.68. The normalized spacial score (nSPS) is 10.3. The number of methoxy groups -OCH3 is 1. The zero-order chi connectivity index (χ0) is 12.6. The summed E-state index contributed by atoms with van der Waals surface area (Å²) in [6, 6.07) is 18.6. The summed E-state index contributed by atoms with van der Waals surface area (Å²) in [5.74, 6) is 0.943. The Morgan fingerprint density at radius 1 is 0.833 bits per heavy atom. The first-order valence-corrected chi connectivity index (χ1v) is 6.13. The van der Waals surface area contributed by atoms with Crippen molar-refractivity contribution >= 4 is 0 Å². The smallest absolute Gasteiger partial charge is 0.122 e. The molecule has 2 rings (SSSR count). The molecule has 0 aliphatic heterocycles. The zero-order valence-corrected chi connectivity index (χ0v) is 10.6. The molecule has 2 heteroatoms. The molecule has 0 fully saturated rings. The molecule has 94 valence electrons. The van der Waals surface area contributed by atoms with Crippen molar-refractivity contribution in [3.8, 4) is 5.75 Å². The van der Waals surface area contributed by atoms with Crippen LogP contribution in [0.1, 0.15) is 11.1 Å². The van der Waals surface area contributed by atoms with E-state index in [9.17, 15) is 0 Å². The number of hydrogen-bond acceptors (Lipinski definition) is 2. The van der Waals surface area contributed by atoms with Gasteiger partial charge in [0.05, 0.1) is 6.61 Å². The van der Waals surface area contributed by atoms with Crippen LogP contribution in [-0.2, 0) is 11.2 Å². The second kappa shape index (κ2) is 6.82. The highest BCUT2D eigenvalue weighted by Crippen LogP contribution is 2.21. The lowest BCUT2D eigenvalue weighted by Crippen LogP contribution is -2.06. The van der Waals surface area contributed by atoms with E-state index in [0.717, 1.165) is 12.2 Å². The molecule has 0 atom stereocenters. The van der Waals surface area contributed by atoms with Gasteiger partial charge in [-0.3, -0.25) is 0 Å². The lowest BCUT2D eigenvalue weighted by atomic mass is 10.0. The topological polar surface area (TPSA) is 18.5 Å². The van der Waals surface area contributed by atoms with Crippen molar-refractivity contribution < 1.29 is 9.47 Å². The molecule has 18 heavy (non-hydrogen) atoms. The van der Waals surface area contributed by atoms with Crippen LogP contribution in [0.2, 0.25) is 0 Å². The van der Waals surface area contributed by atoms with Crippen molar-refractivity contribution in [2.75, 3.05) is 20.3 Å². The van der Waals surface area contributed by atoms with Crippen LogP contribution >= 0.6 is 0 Å². The Balaban J connectivity index is 2.07. The molecule has 0 spiro atoms. The summed E-state index contributed by atoms with van der Waals surface area (Å²) in [5, 5.41) is 0. The first-order valence-electron chi connectivity index (χ1n) is 6.13. The van der Waals surface area contributed by atoms with Crippen molar-refractivity contribution in [3.05, 3.63) is 65.7 Å². The van der Waals surface area contributed by atoms with Crippen LogP contribution in [0.25, 0.3) is 0 Å². The van der Waals surface area contributed by atoms with Crippen LogP contribution in [0.4, 0.5) is 0 Å². The molecular weight excluding hydrogens is 224 g/mol. The Bertz CT molecular complexity index is 466. The molecule has 0 saturated carbocycles. The minimum absolute atomic E-state index is 0.586. The van der Waals surface area contributed by atoms with Crippen molar-refractivity contribution in [1.29, 1.82) is 0 Å². The fraction of sp³-hybridized carbons (Fsp3) is 0.250. The Morgan fingerprint density at radius 3 is 2.33 bits per heavy atom. The summed E-state index contributed by atoms with van der Waals surface area (Å²) in [5.41, 5.74) is 2.50. The third-order valence-corrected chi connectivity index (χ3v) is 2.76. The van der Waals surface area contributed by atoms with E-state index in [1.807, 2.05) is 24.3 Å². The quantitative estimate of drug-likeness (QED) is 0.724. The van der Waals surface area contributed by atoms with Crippen molar-refractivity contribution in [2.24, 2.45) is 0 Å². The number of ether oxygens (including phenoxy) is 2. The SMILES string of the molecule is COCCOc1ccccc1Cc1ccccc1. The van der Waals surface area contributed by atoms with Gasteiger partial charge in [-0.15, -0.1) is 0 Å². The predicted octanol–water partition coefficient (Wildman–Crippen LogP) is 3.30. The van der Waals surface area contributed by atoms with Gasteiger partial charge in [0, 0.05) is 13.5 Å². The van der Waals surface area contributed by atoms with Gasteiger partial charge in [-0.2, -0.15) is 0 Å². The van der Waals surface area contributed by atoms with Gasteiger partial charge in [0.25, 0.3) is 0 Å². The third kappa shape index (κ3) is 3.60. The molecule has 2 aromatic carbocycles. The van der Waals surface area contributed by atoms with Crippen LogP contribution in [-0.4, -0.2) is 20.3 Å². The average Bonchev–Trinajstić information content (AvgIpc) is 2.42. The first kappa shape index (κ1) is 12.7. The van der Waals surface area contributed by atoms with Crippen LogP contribution in [0.3, 0.4) is 0 Å². The second-order valence-electron chi connectivity index (χ2n) is 4.11. The molecule has 0 bridgehead atoms. The lowest BCUT2D eigenvalue weighted by molar-refractivity contribution is 0.146. The molecule has 0 aliphatic carbocycles. The van der Waals surface area contributed by atoms with Crippen LogP contribution in [0.5, 0.6) is 5.75 Å². The van der Waals surface area contributed by atoms with E-state index in [1.165, 1.54) is 11.1 Å². The molecule has 0 N–H and O–H groups in total. The molecular formula is C16H18O2. The first-order chi connectivity index (χ1) is 8.90. The minimum Gasteiger partial charge on any atom is -0.491 e. The molecule has 0 heterocycles. The Morgan fingerprint density at radius 2 is 1.56 bits per heavy atom. The molecule has 0 saturated heterocycles. The molecule has 0 aliphatic rings. The average molecular weight is 242 g/mol. The zero-order valence-electron chi connectivity index (χ0n) is 10.6. The van der Waals surface area contributed by atoms with Crippen LogP contribution < -0.4 is 4.74 Å². The second-order valence-corrected chi connectivity index (χ2v) is 4.11. The maximum absolute atomic E-state index is 5.72. The minimum atomic E-state index is 0.586. The number of rotatable bonds is 6. The Kier molecular flexibility index (Phi) is 4.79. The van der Waals surface area contributed by atoms with Gasteiger partial charge in [-0.05, 0) is 17.2 Å². The van der Waals surface area contributed by atoms with E-state index in [0.29, 0.717) is 13.2 Å². The van der Waals surface area contributed by atoms with Gasteiger partial charge in [0.1, 0.15) is 12.4 Å². The van der Waals surface area contributed by atoms with Crippen molar-refractivity contribution in [3.63, 3.8) is 0 Å². The van der Waals surface area contributed by atoms with Crippen LogP contribution in [0.15, 0.2) is 54.6 Å². The van der Waals surface area contributed by atoms with E-state index >= 15 is 0 Å². The van der Waals surface area contributed by atoms with E-state index in [2.05, 4.69) is 30.3 Å². The van der Waals surface area contributed by atoms with Gasteiger partial charge in [-0.1, -0.05) is 48.5 Å². The van der Waals surface area contributed by atoms with Gasteiger partial charge in [0.15, 0.2) is 0 Å². The van der Waals surface area contributed by atoms with Crippen molar-refractivity contribution in [2.45, 2.75) is 6.42 Å². The maximum Gasteiger partial charge on any atom is 0.122 e. The molecule has 2 aromatic rings. The Labute approximate surface area is 108 Å². The molecule has 0 radical (unpaired) electrons. The monoisotopic (exact) mass is 242 g/mol. The summed E-state index contributed by atoms with van der Waals surface area (Å²) in [6.07, 6.45) is 0.893. The number of benzene rings is 2. The van der Waals surface area contributed by atoms with Gasteiger partial charge < -0.3 is 9.47 Å². The van der Waals surface area contributed by atoms with E-state index < -0.39 is 0 Å². The lowest BCUT2D eigenvalue weighted by Gasteiger charge is -2.11. The molecule has 0 amide bonds. The molecule has 0 aromatic heterocycles.